The second kappa shape index (κ2) is 3.90. The maximum Gasteiger partial charge on any atom is 0.306 e. The van der Waals surface area contributed by atoms with Crippen LogP contribution in [-0.4, -0.2) is 11.6 Å². The van der Waals surface area contributed by atoms with Crippen LogP contribution in [0.25, 0.3) is 0 Å². The van der Waals surface area contributed by atoms with E-state index in [9.17, 15) is 4.79 Å². The molecule has 0 spiro atoms. The molecule has 16 heavy (non-hydrogen) atoms. The summed E-state index contributed by atoms with van der Waals surface area (Å²) < 4.78 is 5.79. The largest absolute Gasteiger partial charge is 0.458 e. The van der Waals surface area contributed by atoms with Crippen LogP contribution < -0.4 is 0 Å². The summed E-state index contributed by atoms with van der Waals surface area (Å²) in [6, 6.07) is 0. The van der Waals surface area contributed by atoms with Gasteiger partial charge < -0.3 is 4.74 Å². The van der Waals surface area contributed by atoms with Gasteiger partial charge in [0.05, 0.1) is 0 Å². The number of fused-ring (bicyclic) bond motifs is 1. The molecule has 0 aromatic rings. The molecule has 2 heteroatoms. The van der Waals surface area contributed by atoms with E-state index in [0.717, 1.165) is 24.8 Å². The molecule has 0 N–H and O–H groups in total. The third kappa shape index (κ3) is 1.79. The Hall–Kier alpha value is -0.790. The highest BCUT2D eigenvalue weighted by molar-refractivity contribution is 5.71. The molecule has 1 saturated carbocycles. The molecular formula is C14H22O2. The number of rotatable bonds is 2. The van der Waals surface area contributed by atoms with Crippen molar-refractivity contribution in [2.24, 2.45) is 5.41 Å². The van der Waals surface area contributed by atoms with E-state index in [2.05, 4.69) is 13.5 Å². The highest BCUT2D eigenvalue weighted by Gasteiger charge is 2.54. The van der Waals surface area contributed by atoms with Crippen molar-refractivity contribution in [1.82, 2.24) is 0 Å². The van der Waals surface area contributed by atoms with Gasteiger partial charge in [0.2, 0.25) is 0 Å². The number of ether oxygens (including phenoxy) is 1. The second-order valence-corrected chi connectivity index (χ2v) is 5.87. The molecule has 90 valence electrons. The van der Waals surface area contributed by atoms with Crippen molar-refractivity contribution in [3.8, 4) is 0 Å². The highest BCUT2D eigenvalue weighted by Crippen LogP contribution is 2.54. The van der Waals surface area contributed by atoms with Gasteiger partial charge in [0.25, 0.3) is 0 Å². The second-order valence-electron chi connectivity index (χ2n) is 5.87. The van der Waals surface area contributed by atoms with Gasteiger partial charge in [0.1, 0.15) is 5.60 Å². The van der Waals surface area contributed by atoms with E-state index in [-0.39, 0.29) is 17.0 Å². The summed E-state index contributed by atoms with van der Waals surface area (Å²) >= 11 is 0. The lowest BCUT2D eigenvalue weighted by atomic mass is 9.59. The van der Waals surface area contributed by atoms with Crippen LogP contribution in [0.15, 0.2) is 12.2 Å². The first kappa shape index (κ1) is 11.7. The lowest BCUT2D eigenvalue weighted by Crippen LogP contribution is -2.55. The number of hydrogen-bond acceptors (Lipinski definition) is 2. The molecule has 2 rings (SSSR count). The number of carbonyl (C=O) groups is 1. The number of esters is 1. The normalized spacial score (nSPS) is 38.8. The molecule has 1 heterocycles. The first-order valence-electron chi connectivity index (χ1n) is 6.34. The minimum absolute atomic E-state index is 0.0133. The fourth-order valence-electron chi connectivity index (χ4n) is 3.45. The lowest BCUT2D eigenvalue weighted by molar-refractivity contribution is -0.200. The van der Waals surface area contributed by atoms with E-state index >= 15 is 0 Å². The Labute approximate surface area is 98.1 Å². The van der Waals surface area contributed by atoms with Crippen molar-refractivity contribution in [3.05, 3.63) is 12.2 Å². The summed E-state index contributed by atoms with van der Waals surface area (Å²) in [7, 11) is 0. The molecule has 2 atom stereocenters. The molecule has 0 unspecified atom stereocenters. The van der Waals surface area contributed by atoms with Crippen LogP contribution in [0.3, 0.4) is 0 Å². The fraction of sp³-hybridized carbons (Fsp3) is 0.786. The smallest absolute Gasteiger partial charge is 0.306 e. The predicted octanol–water partition coefficient (Wildman–Crippen LogP) is 3.61. The summed E-state index contributed by atoms with van der Waals surface area (Å²) in [5.74, 6) is -0.0133. The molecule has 0 bridgehead atoms. The van der Waals surface area contributed by atoms with Crippen LogP contribution in [-0.2, 0) is 9.53 Å². The number of hydrogen-bond donors (Lipinski definition) is 0. The van der Waals surface area contributed by atoms with Gasteiger partial charge in [-0.05, 0) is 32.6 Å². The molecule has 0 amide bonds. The van der Waals surface area contributed by atoms with Crippen LogP contribution in [0.2, 0.25) is 0 Å². The maximum absolute atomic E-state index is 11.6. The molecule has 2 nitrogen and oxygen atoms in total. The van der Waals surface area contributed by atoms with Gasteiger partial charge in [0, 0.05) is 18.3 Å². The van der Waals surface area contributed by atoms with Crippen molar-refractivity contribution < 1.29 is 9.53 Å². The molecule has 0 aromatic carbocycles. The lowest BCUT2D eigenvalue weighted by Gasteiger charge is -2.54. The van der Waals surface area contributed by atoms with Crippen LogP contribution >= 0.6 is 0 Å². The average molecular weight is 222 g/mol. The fourth-order valence-corrected chi connectivity index (χ4v) is 3.45. The zero-order valence-corrected chi connectivity index (χ0v) is 10.5. The van der Waals surface area contributed by atoms with Gasteiger partial charge in [-0.25, -0.2) is 0 Å². The Morgan fingerprint density at radius 3 is 2.75 bits per heavy atom. The van der Waals surface area contributed by atoms with E-state index in [0.29, 0.717) is 6.42 Å². The van der Waals surface area contributed by atoms with Crippen LogP contribution in [0, 0.1) is 5.41 Å². The average Bonchev–Trinajstić information content (AvgIpc) is 2.18. The molecule has 1 saturated heterocycles. The standard InChI is InChI=1S/C14H22O2/c1-11(2)10-14-8-5-4-7-13(14,3)9-6-12(15)16-14/h1,4-10H2,2-3H3/t13-,14+/m1/s1. The Kier molecular flexibility index (Phi) is 2.85. The highest BCUT2D eigenvalue weighted by atomic mass is 16.6. The first-order chi connectivity index (χ1) is 7.47. The molecule has 1 aliphatic carbocycles. The quantitative estimate of drug-likeness (QED) is 0.527. The third-order valence-electron chi connectivity index (χ3n) is 4.44. The molecule has 1 aliphatic heterocycles. The topological polar surface area (TPSA) is 26.3 Å². The minimum atomic E-state index is -0.244. The Balaban J connectivity index is 2.30. The van der Waals surface area contributed by atoms with Gasteiger partial charge in [-0.2, -0.15) is 0 Å². The predicted molar refractivity (Wildman–Crippen MR) is 64.1 cm³/mol. The molecule has 2 aliphatic rings. The third-order valence-corrected chi connectivity index (χ3v) is 4.44. The first-order valence-corrected chi connectivity index (χ1v) is 6.34. The summed E-state index contributed by atoms with van der Waals surface area (Å²) in [5, 5.41) is 0. The van der Waals surface area contributed by atoms with Crippen molar-refractivity contribution in [3.63, 3.8) is 0 Å². The summed E-state index contributed by atoms with van der Waals surface area (Å²) in [6.45, 7) is 8.33. The van der Waals surface area contributed by atoms with Crippen LogP contribution in [0.1, 0.15) is 58.8 Å². The molecular weight excluding hydrogens is 200 g/mol. The van der Waals surface area contributed by atoms with E-state index in [1.165, 1.54) is 19.3 Å². The van der Waals surface area contributed by atoms with Gasteiger partial charge in [0.15, 0.2) is 0 Å². The van der Waals surface area contributed by atoms with Gasteiger partial charge in [-0.1, -0.05) is 25.5 Å². The zero-order chi connectivity index (χ0) is 11.8. The summed E-state index contributed by atoms with van der Waals surface area (Å²) in [6.07, 6.45) is 7.07. The van der Waals surface area contributed by atoms with Crippen molar-refractivity contribution >= 4 is 5.97 Å². The van der Waals surface area contributed by atoms with Gasteiger partial charge >= 0.3 is 5.97 Å². The number of carbonyl (C=O) groups excluding carboxylic acids is 1. The van der Waals surface area contributed by atoms with Crippen molar-refractivity contribution in [2.75, 3.05) is 0 Å². The maximum atomic E-state index is 11.6. The molecule has 2 fully saturated rings. The zero-order valence-electron chi connectivity index (χ0n) is 10.5. The van der Waals surface area contributed by atoms with Gasteiger partial charge in [-0.15, -0.1) is 0 Å². The summed E-state index contributed by atoms with van der Waals surface area (Å²) in [5.41, 5.74) is 1.06. The van der Waals surface area contributed by atoms with Crippen molar-refractivity contribution in [1.29, 1.82) is 0 Å². The van der Waals surface area contributed by atoms with E-state index in [1.807, 2.05) is 6.92 Å². The van der Waals surface area contributed by atoms with Gasteiger partial charge in [-0.3, -0.25) is 4.79 Å². The Morgan fingerprint density at radius 2 is 2.06 bits per heavy atom. The van der Waals surface area contributed by atoms with E-state index in [1.54, 1.807) is 0 Å². The SMILES string of the molecule is C=C(C)C[C@@]12CCCC[C@]1(C)CCC(=O)O2. The van der Waals surface area contributed by atoms with E-state index < -0.39 is 0 Å². The van der Waals surface area contributed by atoms with Crippen molar-refractivity contribution in [2.45, 2.75) is 64.4 Å². The Bertz CT molecular complexity index is 317. The molecule has 0 radical (unpaired) electrons. The Morgan fingerprint density at radius 1 is 1.38 bits per heavy atom. The summed E-state index contributed by atoms with van der Waals surface area (Å²) in [4.78, 5) is 11.6. The van der Waals surface area contributed by atoms with Crippen LogP contribution in [0.4, 0.5) is 0 Å². The molecule has 0 aromatic heterocycles. The monoisotopic (exact) mass is 222 g/mol. The van der Waals surface area contributed by atoms with Crippen LogP contribution in [0.5, 0.6) is 0 Å². The minimum Gasteiger partial charge on any atom is -0.458 e. The van der Waals surface area contributed by atoms with E-state index in [4.69, 9.17) is 4.74 Å².